The molecule has 4 heteroatoms. The molecule has 1 fully saturated rings. The SMILES string of the molecule is CC1(CNC(=O)c2cc3ccccc3cc2O)CCCO1. The van der Waals surface area contributed by atoms with E-state index in [1.807, 2.05) is 31.2 Å². The molecule has 0 aromatic heterocycles. The molecule has 21 heavy (non-hydrogen) atoms. The van der Waals surface area contributed by atoms with Gasteiger partial charge in [0.1, 0.15) is 5.75 Å². The van der Waals surface area contributed by atoms with Gasteiger partial charge in [0.2, 0.25) is 0 Å². The van der Waals surface area contributed by atoms with Crippen LogP contribution in [0.25, 0.3) is 10.8 Å². The number of ether oxygens (including phenoxy) is 1. The van der Waals surface area contributed by atoms with E-state index in [0.29, 0.717) is 12.1 Å². The predicted molar refractivity (Wildman–Crippen MR) is 81.5 cm³/mol. The zero-order valence-corrected chi connectivity index (χ0v) is 12.1. The summed E-state index contributed by atoms with van der Waals surface area (Å²) < 4.78 is 5.65. The Balaban J connectivity index is 1.79. The van der Waals surface area contributed by atoms with Crippen LogP contribution in [0.15, 0.2) is 36.4 Å². The molecule has 1 saturated heterocycles. The average Bonchev–Trinajstić information content (AvgIpc) is 2.91. The second-order valence-corrected chi connectivity index (χ2v) is 5.80. The van der Waals surface area contributed by atoms with Crippen LogP contribution in [0.2, 0.25) is 0 Å². The van der Waals surface area contributed by atoms with Gasteiger partial charge in [-0.3, -0.25) is 4.79 Å². The average molecular weight is 285 g/mol. The van der Waals surface area contributed by atoms with E-state index in [-0.39, 0.29) is 17.3 Å². The molecule has 1 atom stereocenters. The number of hydrogen-bond donors (Lipinski definition) is 2. The number of amides is 1. The number of aromatic hydroxyl groups is 1. The van der Waals surface area contributed by atoms with Crippen LogP contribution in [0, 0.1) is 0 Å². The smallest absolute Gasteiger partial charge is 0.255 e. The van der Waals surface area contributed by atoms with Crippen LogP contribution in [0.1, 0.15) is 30.1 Å². The first-order chi connectivity index (χ1) is 10.1. The summed E-state index contributed by atoms with van der Waals surface area (Å²) in [6, 6.07) is 11.0. The van der Waals surface area contributed by atoms with Gasteiger partial charge in [0.25, 0.3) is 5.91 Å². The fraction of sp³-hybridized carbons (Fsp3) is 0.353. The molecule has 1 aliphatic heterocycles. The molecule has 1 amide bonds. The maximum absolute atomic E-state index is 12.3. The Morgan fingerprint density at radius 2 is 2.05 bits per heavy atom. The van der Waals surface area contributed by atoms with E-state index in [2.05, 4.69) is 5.32 Å². The number of fused-ring (bicyclic) bond motifs is 1. The van der Waals surface area contributed by atoms with E-state index in [0.717, 1.165) is 30.2 Å². The van der Waals surface area contributed by atoms with Gasteiger partial charge in [-0.25, -0.2) is 0 Å². The van der Waals surface area contributed by atoms with E-state index < -0.39 is 0 Å². The lowest BCUT2D eigenvalue weighted by molar-refractivity contribution is 0.0205. The Bertz CT molecular complexity index is 675. The molecule has 0 radical (unpaired) electrons. The Labute approximate surface area is 123 Å². The van der Waals surface area contributed by atoms with Gasteiger partial charge in [-0.1, -0.05) is 24.3 Å². The molecule has 0 saturated carbocycles. The molecule has 1 aliphatic rings. The van der Waals surface area contributed by atoms with Crippen molar-refractivity contribution in [1.82, 2.24) is 5.32 Å². The fourth-order valence-corrected chi connectivity index (χ4v) is 2.75. The normalized spacial score (nSPS) is 21.6. The van der Waals surface area contributed by atoms with E-state index >= 15 is 0 Å². The van der Waals surface area contributed by atoms with Gasteiger partial charge in [0.15, 0.2) is 0 Å². The van der Waals surface area contributed by atoms with Crippen molar-refractivity contribution in [3.8, 4) is 5.75 Å². The zero-order chi connectivity index (χ0) is 14.9. The third kappa shape index (κ3) is 2.85. The van der Waals surface area contributed by atoms with Crippen molar-refractivity contribution in [3.05, 3.63) is 42.0 Å². The van der Waals surface area contributed by atoms with Crippen LogP contribution in [0.4, 0.5) is 0 Å². The molecule has 3 rings (SSSR count). The summed E-state index contributed by atoms with van der Waals surface area (Å²) in [5, 5.41) is 14.8. The maximum Gasteiger partial charge on any atom is 0.255 e. The molecule has 1 heterocycles. The number of carbonyl (C=O) groups is 1. The Morgan fingerprint density at radius 3 is 2.71 bits per heavy atom. The van der Waals surface area contributed by atoms with Gasteiger partial charge < -0.3 is 15.2 Å². The van der Waals surface area contributed by atoms with Crippen LogP contribution in [0.3, 0.4) is 0 Å². The summed E-state index contributed by atoms with van der Waals surface area (Å²) in [5.41, 5.74) is 0.0116. The molecule has 2 aromatic carbocycles. The number of nitrogens with one attached hydrogen (secondary N) is 1. The third-order valence-corrected chi connectivity index (χ3v) is 4.03. The van der Waals surface area contributed by atoms with Gasteiger partial charge in [-0.15, -0.1) is 0 Å². The first-order valence-corrected chi connectivity index (χ1v) is 7.21. The molecule has 2 N–H and O–H groups in total. The van der Waals surface area contributed by atoms with Crippen LogP contribution >= 0.6 is 0 Å². The molecule has 1 unspecified atom stereocenters. The van der Waals surface area contributed by atoms with Crippen molar-refractivity contribution in [2.75, 3.05) is 13.2 Å². The van der Waals surface area contributed by atoms with Crippen molar-refractivity contribution < 1.29 is 14.6 Å². The minimum absolute atomic E-state index is 0.00342. The monoisotopic (exact) mass is 285 g/mol. The van der Waals surface area contributed by atoms with Gasteiger partial charge >= 0.3 is 0 Å². The highest BCUT2D eigenvalue weighted by Gasteiger charge is 2.30. The third-order valence-electron chi connectivity index (χ3n) is 4.03. The lowest BCUT2D eigenvalue weighted by Gasteiger charge is -2.23. The number of benzene rings is 2. The molecular weight excluding hydrogens is 266 g/mol. The summed E-state index contributed by atoms with van der Waals surface area (Å²) in [6.07, 6.45) is 1.96. The van der Waals surface area contributed by atoms with Crippen molar-refractivity contribution in [1.29, 1.82) is 0 Å². The maximum atomic E-state index is 12.3. The van der Waals surface area contributed by atoms with Crippen molar-refractivity contribution in [2.45, 2.75) is 25.4 Å². The van der Waals surface area contributed by atoms with Gasteiger partial charge in [-0.2, -0.15) is 0 Å². The summed E-state index contributed by atoms with van der Waals surface area (Å²) in [7, 11) is 0. The molecule has 0 bridgehead atoms. The molecule has 0 spiro atoms. The minimum Gasteiger partial charge on any atom is -0.507 e. The van der Waals surface area contributed by atoms with Gasteiger partial charge in [0, 0.05) is 13.2 Å². The van der Waals surface area contributed by atoms with Crippen molar-refractivity contribution in [2.24, 2.45) is 0 Å². The van der Waals surface area contributed by atoms with Crippen LogP contribution in [0.5, 0.6) is 5.75 Å². The number of hydrogen-bond acceptors (Lipinski definition) is 3. The Hall–Kier alpha value is -2.07. The topological polar surface area (TPSA) is 58.6 Å². The largest absolute Gasteiger partial charge is 0.507 e. The number of phenolic OH excluding ortho intramolecular Hbond substituents is 1. The Kier molecular flexibility index (Phi) is 3.55. The fourth-order valence-electron chi connectivity index (χ4n) is 2.75. The van der Waals surface area contributed by atoms with E-state index in [9.17, 15) is 9.90 Å². The highest BCUT2D eigenvalue weighted by molar-refractivity contribution is 6.01. The van der Waals surface area contributed by atoms with Crippen LogP contribution in [-0.2, 0) is 4.74 Å². The summed E-state index contributed by atoms with van der Waals surface area (Å²) in [6.45, 7) is 3.20. The lowest BCUT2D eigenvalue weighted by atomic mass is 10.0. The predicted octanol–water partition coefficient (Wildman–Crippen LogP) is 2.84. The van der Waals surface area contributed by atoms with Gasteiger partial charge in [-0.05, 0) is 42.7 Å². The first-order valence-electron chi connectivity index (χ1n) is 7.21. The highest BCUT2D eigenvalue weighted by atomic mass is 16.5. The quantitative estimate of drug-likeness (QED) is 0.911. The number of phenols is 1. The second-order valence-electron chi connectivity index (χ2n) is 5.80. The first kappa shape index (κ1) is 13.9. The summed E-state index contributed by atoms with van der Waals surface area (Å²) >= 11 is 0. The van der Waals surface area contributed by atoms with Crippen molar-refractivity contribution in [3.63, 3.8) is 0 Å². The van der Waals surface area contributed by atoms with E-state index in [4.69, 9.17) is 4.74 Å². The number of carbonyl (C=O) groups excluding carboxylic acids is 1. The van der Waals surface area contributed by atoms with Gasteiger partial charge in [0.05, 0.1) is 11.2 Å². The highest BCUT2D eigenvalue weighted by Crippen LogP contribution is 2.26. The van der Waals surface area contributed by atoms with Crippen LogP contribution in [-0.4, -0.2) is 29.8 Å². The standard InChI is InChI=1S/C17H19NO3/c1-17(7-4-8-21-17)11-18-16(20)14-9-12-5-2-3-6-13(12)10-15(14)19/h2-3,5-6,9-10,19H,4,7-8,11H2,1H3,(H,18,20). The lowest BCUT2D eigenvalue weighted by Crippen LogP contribution is -2.40. The van der Waals surface area contributed by atoms with E-state index in [1.165, 1.54) is 0 Å². The van der Waals surface area contributed by atoms with E-state index in [1.54, 1.807) is 12.1 Å². The Morgan fingerprint density at radius 1 is 1.33 bits per heavy atom. The minimum atomic E-state index is -0.290. The number of rotatable bonds is 3. The zero-order valence-electron chi connectivity index (χ0n) is 12.1. The summed E-state index contributed by atoms with van der Waals surface area (Å²) in [5.74, 6) is -0.265. The van der Waals surface area contributed by atoms with Crippen molar-refractivity contribution >= 4 is 16.7 Å². The molecule has 2 aromatic rings. The molecule has 110 valence electrons. The molecule has 4 nitrogen and oxygen atoms in total. The molecule has 0 aliphatic carbocycles. The summed E-state index contributed by atoms with van der Waals surface area (Å²) in [4.78, 5) is 12.3. The second kappa shape index (κ2) is 5.37. The van der Waals surface area contributed by atoms with Crippen LogP contribution < -0.4 is 5.32 Å². The molecular formula is C17H19NO3.